The van der Waals surface area contributed by atoms with Crippen LogP contribution in [0.15, 0.2) is 48.5 Å². The fraction of sp³-hybridized carbons (Fsp3) is 0.417. The van der Waals surface area contributed by atoms with Crippen molar-refractivity contribution in [3.63, 3.8) is 0 Å². The summed E-state index contributed by atoms with van der Waals surface area (Å²) in [5.41, 5.74) is 0.860. The van der Waals surface area contributed by atoms with Crippen LogP contribution in [0.5, 0.6) is 5.75 Å². The summed E-state index contributed by atoms with van der Waals surface area (Å²) in [6.07, 6.45) is 3.70. The maximum Gasteiger partial charge on any atom is 0.324 e. The van der Waals surface area contributed by atoms with Gasteiger partial charge in [-0.15, -0.1) is 0 Å². The quantitative estimate of drug-likeness (QED) is 0.253. The van der Waals surface area contributed by atoms with Gasteiger partial charge in [0.05, 0.1) is 36.6 Å². The zero-order chi connectivity index (χ0) is 21.6. The summed E-state index contributed by atoms with van der Waals surface area (Å²) in [5, 5.41) is 9.09. The van der Waals surface area contributed by atoms with Crippen molar-refractivity contribution in [3.05, 3.63) is 59.7 Å². The lowest BCUT2D eigenvalue weighted by Crippen LogP contribution is -2.33. The first-order chi connectivity index (χ1) is 14.6. The number of esters is 1. The topological polar surface area (TPSA) is 62.3 Å². The number of rotatable bonds is 10. The van der Waals surface area contributed by atoms with Crippen LogP contribution in [0, 0.1) is 11.3 Å². The number of hydrogen-bond donors (Lipinski definition) is 0. The van der Waals surface area contributed by atoms with Crippen molar-refractivity contribution < 1.29 is 14.3 Å². The van der Waals surface area contributed by atoms with E-state index in [0.717, 1.165) is 36.9 Å². The average Bonchev–Trinajstić information content (AvgIpc) is 3.41. The highest BCUT2D eigenvalue weighted by Crippen LogP contribution is 2.56. The number of hydrogen-bond acceptors (Lipinski definition) is 5. The highest BCUT2D eigenvalue weighted by molar-refractivity contribution is 6.34. The minimum atomic E-state index is -1.31. The Kier molecular flexibility index (Phi) is 7.05. The Hall–Kier alpha value is -2.94. The third-order valence-corrected chi connectivity index (χ3v) is 5.30. The normalized spacial score (nSPS) is 19.8. The molecule has 0 spiro atoms. The zero-order valence-corrected chi connectivity index (χ0v) is 17.6. The number of nitrogens with zero attached hydrogens (tertiary/aromatic N) is 2. The van der Waals surface area contributed by atoms with Crippen LogP contribution in [0.2, 0.25) is 0 Å². The van der Waals surface area contributed by atoms with E-state index in [4.69, 9.17) is 22.6 Å². The van der Waals surface area contributed by atoms with E-state index in [1.54, 1.807) is 12.1 Å². The van der Waals surface area contributed by atoms with Gasteiger partial charge in [0.2, 0.25) is 0 Å². The molecule has 154 valence electrons. The second kappa shape index (κ2) is 9.71. The molecule has 0 amide bonds. The van der Waals surface area contributed by atoms with Gasteiger partial charge in [0.15, 0.2) is 0 Å². The largest absolute Gasteiger partial charge is 0.491 e. The second-order valence-corrected chi connectivity index (χ2v) is 7.49. The first-order valence-electron chi connectivity index (χ1n) is 10.5. The van der Waals surface area contributed by atoms with E-state index >= 15 is 0 Å². The number of nitriles is 1. The lowest BCUT2D eigenvalue weighted by atomic mass is 9.81. The Labute approximate surface area is 180 Å². The van der Waals surface area contributed by atoms with Crippen molar-refractivity contribution in [1.29, 1.82) is 5.26 Å². The average molecular weight is 402 g/mol. The summed E-state index contributed by atoms with van der Waals surface area (Å²) < 4.78 is 11.5. The van der Waals surface area contributed by atoms with Gasteiger partial charge in [0, 0.05) is 0 Å². The van der Waals surface area contributed by atoms with Gasteiger partial charge in [-0.3, -0.25) is 4.79 Å². The zero-order valence-electron chi connectivity index (χ0n) is 17.6. The van der Waals surface area contributed by atoms with Crippen molar-refractivity contribution >= 4 is 19.5 Å². The van der Waals surface area contributed by atoms with E-state index in [9.17, 15) is 4.79 Å². The predicted molar refractivity (Wildman–Crippen MR) is 118 cm³/mol. The number of ether oxygens (including phenoxy) is 2. The summed E-state index contributed by atoms with van der Waals surface area (Å²) in [6.45, 7) is 5.09. The van der Waals surface area contributed by atoms with Gasteiger partial charge in [-0.1, -0.05) is 51.0 Å². The molecule has 0 unspecified atom stereocenters. The third kappa shape index (κ3) is 4.31. The third-order valence-electron chi connectivity index (χ3n) is 5.30. The molecule has 1 aliphatic rings. The van der Waals surface area contributed by atoms with E-state index in [2.05, 4.69) is 13.0 Å². The molecule has 0 saturated carbocycles. The van der Waals surface area contributed by atoms with Crippen molar-refractivity contribution in [1.82, 2.24) is 0 Å². The second-order valence-electron chi connectivity index (χ2n) is 7.49. The minimum Gasteiger partial charge on any atom is -0.491 e. The van der Waals surface area contributed by atoms with Gasteiger partial charge in [0.25, 0.3) is 0 Å². The molecule has 2 aromatic carbocycles. The molecule has 3 rings (SSSR count). The lowest BCUT2D eigenvalue weighted by molar-refractivity contribution is -0.144. The Morgan fingerprint density at radius 1 is 1.10 bits per heavy atom. The summed E-state index contributed by atoms with van der Waals surface area (Å²) in [5.74, 6) is 0.243. The number of unbranched alkanes of at least 4 members (excludes halogenated alkanes) is 2. The molecule has 1 aliphatic heterocycles. The van der Waals surface area contributed by atoms with Crippen molar-refractivity contribution in [2.45, 2.75) is 51.0 Å². The SMILES string of the molecule is [B][C@]1(C(=O)OCCCC)[C@@H](c2ccc(C#N)cc2)N1c1ccccc1OCCCC. The molecular weight excluding hydrogens is 375 g/mol. The molecule has 1 fully saturated rings. The van der Waals surface area contributed by atoms with Crippen molar-refractivity contribution in [2.75, 3.05) is 18.1 Å². The van der Waals surface area contributed by atoms with Crippen LogP contribution in [0.25, 0.3) is 0 Å². The summed E-state index contributed by atoms with van der Waals surface area (Å²) >= 11 is 0. The predicted octanol–water partition coefficient (Wildman–Crippen LogP) is 4.51. The molecule has 6 heteroatoms. The number of anilines is 1. The van der Waals surface area contributed by atoms with Gasteiger partial charge >= 0.3 is 5.97 Å². The smallest absolute Gasteiger partial charge is 0.324 e. The van der Waals surface area contributed by atoms with Crippen LogP contribution >= 0.6 is 0 Å². The minimum absolute atomic E-state index is 0.344. The lowest BCUT2D eigenvalue weighted by Gasteiger charge is -2.17. The highest BCUT2D eigenvalue weighted by atomic mass is 16.5. The Balaban J connectivity index is 1.93. The molecule has 0 aromatic heterocycles. The molecule has 0 N–H and O–H groups in total. The number of benzene rings is 2. The highest BCUT2D eigenvalue weighted by Gasteiger charge is 2.66. The molecule has 2 radical (unpaired) electrons. The first kappa shape index (κ1) is 21.8. The molecule has 2 aromatic rings. The van der Waals surface area contributed by atoms with Crippen LogP contribution in [-0.4, -0.2) is 32.5 Å². The molecule has 2 atom stereocenters. The number of carbonyl (C=O) groups excluding carboxylic acids is 1. The summed E-state index contributed by atoms with van der Waals surface area (Å²) in [4.78, 5) is 14.8. The summed E-state index contributed by atoms with van der Waals surface area (Å²) in [7, 11) is 6.65. The van der Waals surface area contributed by atoms with E-state index in [1.807, 2.05) is 48.2 Å². The van der Waals surface area contributed by atoms with Crippen LogP contribution < -0.4 is 9.64 Å². The molecular formula is C24H27BN2O3. The maximum absolute atomic E-state index is 13.0. The van der Waals surface area contributed by atoms with Crippen molar-refractivity contribution in [3.8, 4) is 11.8 Å². The van der Waals surface area contributed by atoms with Crippen LogP contribution in [0.3, 0.4) is 0 Å². The van der Waals surface area contributed by atoms with Gasteiger partial charge in [0.1, 0.15) is 19.0 Å². The van der Waals surface area contributed by atoms with E-state index < -0.39 is 17.4 Å². The number of carbonyl (C=O) groups is 1. The van der Waals surface area contributed by atoms with E-state index in [0.29, 0.717) is 24.5 Å². The fourth-order valence-corrected chi connectivity index (χ4v) is 3.53. The van der Waals surface area contributed by atoms with Crippen LogP contribution in [0.1, 0.15) is 56.7 Å². The molecule has 0 aliphatic carbocycles. The van der Waals surface area contributed by atoms with E-state index in [1.165, 1.54) is 0 Å². The van der Waals surface area contributed by atoms with E-state index in [-0.39, 0.29) is 0 Å². The van der Waals surface area contributed by atoms with Crippen LogP contribution in [-0.2, 0) is 9.53 Å². The molecule has 30 heavy (non-hydrogen) atoms. The maximum atomic E-state index is 13.0. The van der Waals surface area contributed by atoms with Gasteiger partial charge in [-0.25, -0.2) is 0 Å². The monoisotopic (exact) mass is 402 g/mol. The van der Waals surface area contributed by atoms with Crippen LogP contribution in [0.4, 0.5) is 5.69 Å². The number of para-hydroxylation sites is 2. The Bertz CT molecular complexity index is 909. The molecule has 1 saturated heterocycles. The van der Waals surface area contributed by atoms with Gasteiger partial charge in [-0.2, -0.15) is 5.26 Å². The Morgan fingerprint density at radius 3 is 2.43 bits per heavy atom. The molecule has 0 bridgehead atoms. The standard InChI is InChI=1S/C24H27BN2O3/c1-3-5-15-29-21-10-8-7-9-20(21)27-22(19-13-11-18(17-26)12-14-19)24(27,25)23(28)30-16-6-4-2/h7-14,22H,3-6,15-16H2,1-2H3/t22-,24-,27?/m1/s1. The van der Waals surface area contributed by atoms with Gasteiger partial charge < -0.3 is 14.4 Å². The van der Waals surface area contributed by atoms with Gasteiger partial charge in [-0.05, 0) is 42.7 Å². The fourth-order valence-electron chi connectivity index (χ4n) is 3.53. The molecule has 5 nitrogen and oxygen atoms in total. The Morgan fingerprint density at radius 2 is 1.77 bits per heavy atom. The first-order valence-corrected chi connectivity index (χ1v) is 10.5. The summed E-state index contributed by atoms with van der Waals surface area (Å²) in [6, 6.07) is 16.5. The van der Waals surface area contributed by atoms with Crippen molar-refractivity contribution in [2.24, 2.45) is 0 Å². The molecule has 1 heterocycles.